The third-order valence-electron chi connectivity index (χ3n) is 2.88. The van der Waals surface area contributed by atoms with E-state index in [9.17, 15) is 4.79 Å². The molecule has 2 aromatic heterocycles. The highest BCUT2D eigenvalue weighted by molar-refractivity contribution is 7.09. The first-order valence-electron chi connectivity index (χ1n) is 6.06. The number of nitrogens with zero attached hydrogens (tertiary/aromatic N) is 1. The highest BCUT2D eigenvalue weighted by Crippen LogP contribution is 2.16. The fraction of sp³-hybridized carbons (Fsp3) is 0.143. The summed E-state index contributed by atoms with van der Waals surface area (Å²) >= 11 is 1.68. The predicted molar refractivity (Wildman–Crippen MR) is 77.4 cm³/mol. The van der Waals surface area contributed by atoms with Gasteiger partial charge in [-0.05, 0) is 36.1 Å². The molecule has 0 bridgehead atoms. The number of aryl methyl sites for hydroxylation is 1. The maximum absolute atomic E-state index is 11.8. The highest BCUT2D eigenvalue weighted by Gasteiger charge is 2.05. The molecule has 4 nitrogen and oxygen atoms in total. The quantitative estimate of drug-likeness (QED) is 0.765. The van der Waals surface area contributed by atoms with Gasteiger partial charge in [-0.2, -0.15) is 0 Å². The summed E-state index contributed by atoms with van der Waals surface area (Å²) in [5.41, 5.74) is 2.63. The number of carbonyl (C=O) groups excluding carboxylic acids is 1. The first-order valence-corrected chi connectivity index (χ1v) is 6.94. The van der Waals surface area contributed by atoms with Gasteiger partial charge in [0.05, 0.1) is 17.4 Å². The molecule has 0 unspecified atom stereocenters. The lowest BCUT2D eigenvalue weighted by molar-refractivity contribution is -0.116. The van der Waals surface area contributed by atoms with Crippen molar-refractivity contribution in [1.29, 1.82) is 0 Å². The Morgan fingerprint density at radius 2 is 2.32 bits per heavy atom. The molecule has 0 aliphatic heterocycles. The predicted octanol–water partition coefficient (Wildman–Crippen LogP) is 3.20. The zero-order chi connectivity index (χ0) is 13.1. The number of anilines is 1. The lowest BCUT2D eigenvalue weighted by Crippen LogP contribution is -2.11. The molecular formula is C14H13N3OS. The molecule has 2 heterocycles. The van der Waals surface area contributed by atoms with Crippen molar-refractivity contribution >= 4 is 34.0 Å². The molecule has 96 valence electrons. The molecular weight excluding hydrogens is 258 g/mol. The van der Waals surface area contributed by atoms with Crippen molar-refractivity contribution in [3.05, 3.63) is 46.9 Å². The summed E-state index contributed by atoms with van der Waals surface area (Å²) in [4.78, 5) is 20.3. The van der Waals surface area contributed by atoms with E-state index in [4.69, 9.17) is 0 Å². The average Bonchev–Trinajstić information content (AvgIpc) is 3.07. The maximum Gasteiger partial charge on any atom is 0.224 e. The second kappa shape index (κ2) is 5.24. The number of rotatable bonds is 4. The second-order valence-corrected chi connectivity index (χ2v) is 5.29. The van der Waals surface area contributed by atoms with E-state index in [0.29, 0.717) is 6.42 Å². The monoisotopic (exact) mass is 271 g/mol. The molecule has 1 aromatic carbocycles. The Morgan fingerprint density at radius 3 is 3.16 bits per heavy atom. The fourth-order valence-electron chi connectivity index (χ4n) is 1.93. The van der Waals surface area contributed by atoms with Gasteiger partial charge in [0, 0.05) is 17.0 Å². The number of imidazole rings is 1. The molecule has 1 amide bonds. The minimum Gasteiger partial charge on any atom is -0.345 e. The number of H-pyrrole nitrogens is 1. The normalized spacial score (nSPS) is 10.7. The molecule has 0 saturated carbocycles. The van der Waals surface area contributed by atoms with Crippen LogP contribution in [0.4, 0.5) is 5.69 Å². The fourth-order valence-corrected chi connectivity index (χ4v) is 2.64. The molecule has 0 aliphatic rings. The second-order valence-electron chi connectivity index (χ2n) is 4.26. The molecule has 3 rings (SSSR count). The van der Waals surface area contributed by atoms with E-state index in [1.165, 1.54) is 4.88 Å². The summed E-state index contributed by atoms with van der Waals surface area (Å²) in [7, 11) is 0. The lowest BCUT2D eigenvalue weighted by Gasteiger charge is -2.04. The Kier molecular flexibility index (Phi) is 3.29. The molecule has 3 aromatic rings. The van der Waals surface area contributed by atoms with E-state index in [1.54, 1.807) is 17.7 Å². The Bertz CT molecular complexity index is 688. The SMILES string of the molecule is O=C(CCc1cccs1)Nc1ccc2nc[nH]c2c1. The van der Waals surface area contributed by atoms with E-state index in [0.717, 1.165) is 23.1 Å². The summed E-state index contributed by atoms with van der Waals surface area (Å²) in [5, 5.41) is 4.93. The summed E-state index contributed by atoms with van der Waals surface area (Å²) in [5.74, 6) is 0.0345. The molecule has 2 N–H and O–H groups in total. The van der Waals surface area contributed by atoms with E-state index < -0.39 is 0 Å². The van der Waals surface area contributed by atoms with Gasteiger partial charge in [0.2, 0.25) is 5.91 Å². The van der Waals surface area contributed by atoms with Crippen LogP contribution in [-0.4, -0.2) is 15.9 Å². The van der Waals surface area contributed by atoms with E-state index >= 15 is 0 Å². The van der Waals surface area contributed by atoms with Crippen molar-refractivity contribution in [2.75, 3.05) is 5.32 Å². The van der Waals surface area contributed by atoms with Gasteiger partial charge >= 0.3 is 0 Å². The third-order valence-corrected chi connectivity index (χ3v) is 3.82. The van der Waals surface area contributed by atoms with Crippen LogP contribution < -0.4 is 5.32 Å². The number of carbonyl (C=O) groups is 1. The summed E-state index contributed by atoms with van der Waals surface area (Å²) in [6, 6.07) is 9.71. The van der Waals surface area contributed by atoms with E-state index in [-0.39, 0.29) is 5.91 Å². The molecule has 0 atom stereocenters. The number of fused-ring (bicyclic) bond motifs is 1. The first-order chi connectivity index (χ1) is 9.31. The number of hydrogen-bond donors (Lipinski definition) is 2. The van der Waals surface area contributed by atoms with Gasteiger partial charge in [0.25, 0.3) is 0 Å². The van der Waals surface area contributed by atoms with Gasteiger partial charge < -0.3 is 10.3 Å². The molecule has 0 spiro atoms. The number of aromatic amines is 1. The van der Waals surface area contributed by atoms with Crippen LogP contribution in [0.25, 0.3) is 11.0 Å². The summed E-state index contributed by atoms with van der Waals surface area (Å²) in [6.45, 7) is 0. The van der Waals surface area contributed by atoms with Crippen molar-refractivity contribution in [3.8, 4) is 0 Å². The third kappa shape index (κ3) is 2.82. The molecule has 0 radical (unpaired) electrons. The minimum atomic E-state index is 0.0345. The molecule has 0 saturated heterocycles. The van der Waals surface area contributed by atoms with Crippen LogP contribution in [0.1, 0.15) is 11.3 Å². The van der Waals surface area contributed by atoms with Gasteiger partial charge in [-0.25, -0.2) is 4.98 Å². The average molecular weight is 271 g/mol. The van der Waals surface area contributed by atoms with Crippen LogP contribution in [0.3, 0.4) is 0 Å². The van der Waals surface area contributed by atoms with Crippen molar-refractivity contribution in [2.45, 2.75) is 12.8 Å². The molecule has 5 heteroatoms. The number of benzene rings is 1. The van der Waals surface area contributed by atoms with Gasteiger partial charge in [-0.1, -0.05) is 6.07 Å². The largest absolute Gasteiger partial charge is 0.345 e. The Labute approximate surface area is 114 Å². The van der Waals surface area contributed by atoms with Gasteiger partial charge in [-0.3, -0.25) is 4.79 Å². The Hall–Kier alpha value is -2.14. The number of hydrogen-bond acceptors (Lipinski definition) is 3. The Morgan fingerprint density at radius 1 is 1.37 bits per heavy atom. The maximum atomic E-state index is 11.8. The first kappa shape index (κ1) is 11.9. The topological polar surface area (TPSA) is 57.8 Å². The van der Waals surface area contributed by atoms with Crippen LogP contribution in [0, 0.1) is 0 Å². The van der Waals surface area contributed by atoms with Crippen molar-refractivity contribution in [2.24, 2.45) is 0 Å². The number of aromatic nitrogens is 2. The summed E-state index contributed by atoms with van der Waals surface area (Å²) in [6.07, 6.45) is 2.93. The van der Waals surface area contributed by atoms with Crippen LogP contribution >= 0.6 is 11.3 Å². The molecule has 0 fully saturated rings. The van der Waals surface area contributed by atoms with Crippen LogP contribution in [0.15, 0.2) is 42.0 Å². The molecule has 19 heavy (non-hydrogen) atoms. The van der Waals surface area contributed by atoms with Crippen molar-refractivity contribution in [3.63, 3.8) is 0 Å². The Balaban J connectivity index is 1.62. The standard InChI is InChI=1S/C14H13N3OS/c18-14(6-4-11-2-1-7-19-11)17-10-3-5-12-13(8-10)16-9-15-12/h1-3,5,7-9H,4,6H2,(H,15,16)(H,17,18). The van der Waals surface area contributed by atoms with Gasteiger partial charge in [-0.15, -0.1) is 11.3 Å². The smallest absolute Gasteiger partial charge is 0.224 e. The van der Waals surface area contributed by atoms with Crippen LogP contribution in [0.2, 0.25) is 0 Å². The number of amides is 1. The minimum absolute atomic E-state index is 0.0345. The van der Waals surface area contributed by atoms with Crippen molar-refractivity contribution in [1.82, 2.24) is 9.97 Å². The number of thiophene rings is 1. The van der Waals surface area contributed by atoms with Gasteiger partial charge in [0.15, 0.2) is 0 Å². The van der Waals surface area contributed by atoms with Crippen molar-refractivity contribution < 1.29 is 4.79 Å². The van der Waals surface area contributed by atoms with Gasteiger partial charge in [0.1, 0.15) is 0 Å². The number of nitrogens with one attached hydrogen (secondary N) is 2. The summed E-state index contributed by atoms with van der Waals surface area (Å²) < 4.78 is 0. The van der Waals surface area contributed by atoms with E-state index in [2.05, 4.69) is 21.4 Å². The van der Waals surface area contributed by atoms with E-state index in [1.807, 2.05) is 29.6 Å². The highest BCUT2D eigenvalue weighted by atomic mass is 32.1. The van der Waals surface area contributed by atoms with Crippen LogP contribution in [0.5, 0.6) is 0 Å². The van der Waals surface area contributed by atoms with Crippen LogP contribution in [-0.2, 0) is 11.2 Å². The molecule has 0 aliphatic carbocycles. The zero-order valence-corrected chi connectivity index (χ0v) is 11.0. The lowest BCUT2D eigenvalue weighted by atomic mass is 10.2. The zero-order valence-electron chi connectivity index (χ0n) is 10.2.